The molecular formula is C13H19NO2S. The standard InChI is InChI=1S/C13H19NO2S/c1-10-7-14(8-12(10)13(15)16-2)5-3-11-4-6-17-9-11/h4,6,9-10,12H,3,5,7-8H2,1-2H3. The van der Waals surface area contributed by atoms with Gasteiger partial charge in [0.2, 0.25) is 0 Å². The van der Waals surface area contributed by atoms with Crippen molar-refractivity contribution in [2.45, 2.75) is 13.3 Å². The summed E-state index contributed by atoms with van der Waals surface area (Å²) in [4.78, 5) is 13.9. The molecule has 0 spiro atoms. The Morgan fingerprint density at radius 3 is 3.06 bits per heavy atom. The Balaban J connectivity index is 1.82. The molecule has 0 aliphatic carbocycles. The predicted molar refractivity (Wildman–Crippen MR) is 69.1 cm³/mol. The third-order valence-corrected chi connectivity index (χ3v) is 4.22. The Kier molecular flexibility index (Phi) is 4.18. The highest BCUT2D eigenvalue weighted by molar-refractivity contribution is 7.07. The van der Waals surface area contributed by atoms with Crippen LogP contribution in [0.5, 0.6) is 0 Å². The highest BCUT2D eigenvalue weighted by Crippen LogP contribution is 2.24. The fourth-order valence-electron chi connectivity index (χ4n) is 2.43. The molecule has 0 saturated carbocycles. The van der Waals surface area contributed by atoms with Crippen molar-refractivity contribution in [3.05, 3.63) is 22.4 Å². The van der Waals surface area contributed by atoms with Crippen LogP contribution in [0.3, 0.4) is 0 Å². The number of likely N-dealkylation sites (tertiary alicyclic amines) is 1. The van der Waals surface area contributed by atoms with Crippen LogP contribution in [0.2, 0.25) is 0 Å². The van der Waals surface area contributed by atoms with Gasteiger partial charge in [0.15, 0.2) is 0 Å². The maximum atomic E-state index is 11.6. The van der Waals surface area contributed by atoms with E-state index in [1.165, 1.54) is 12.7 Å². The fraction of sp³-hybridized carbons (Fsp3) is 0.615. The molecule has 1 aliphatic heterocycles. The van der Waals surface area contributed by atoms with Crippen molar-refractivity contribution in [2.75, 3.05) is 26.7 Å². The van der Waals surface area contributed by atoms with Crippen LogP contribution in [-0.2, 0) is 16.0 Å². The van der Waals surface area contributed by atoms with E-state index in [1.807, 2.05) is 0 Å². The van der Waals surface area contributed by atoms with Gasteiger partial charge in [-0.15, -0.1) is 0 Å². The van der Waals surface area contributed by atoms with Gasteiger partial charge >= 0.3 is 5.97 Å². The van der Waals surface area contributed by atoms with Gasteiger partial charge in [-0.05, 0) is 34.7 Å². The molecule has 0 amide bonds. The van der Waals surface area contributed by atoms with E-state index in [4.69, 9.17) is 4.74 Å². The molecule has 1 fully saturated rings. The molecule has 0 N–H and O–H groups in total. The number of carbonyl (C=O) groups is 1. The van der Waals surface area contributed by atoms with Crippen LogP contribution in [0, 0.1) is 11.8 Å². The molecule has 17 heavy (non-hydrogen) atoms. The van der Waals surface area contributed by atoms with Crippen molar-refractivity contribution >= 4 is 17.3 Å². The SMILES string of the molecule is COC(=O)C1CN(CCc2ccsc2)CC1C. The van der Waals surface area contributed by atoms with Crippen LogP contribution >= 0.6 is 11.3 Å². The number of hydrogen-bond acceptors (Lipinski definition) is 4. The first-order valence-corrected chi connectivity index (χ1v) is 6.96. The van der Waals surface area contributed by atoms with E-state index in [0.717, 1.165) is 26.1 Å². The fourth-order valence-corrected chi connectivity index (χ4v) is 3.13. The summed E-state index contributed by atoms with van der Waals surface area (Å²) in [5.74, 6) is 0.405. The minimum absolute atomic E-state index is 0.0578. The molecule has 94 valence electrons. The zero-order valence-corrected chi connectivity index (χ0v) is 11.2. The maximum absolute atomic E-state index is 11.6. The summed E-state index contributed by atoms with van der Waals surface area (Å²) in [6, 6.07) is 2.17. The van der Waals surface area contributed by atoms with E-state index in [0.29, 0.717) is 5.92 Å². The van der Waals surface area contributed by atoms with Gasteiger partial charge < -0.3 is 9.64 Å². The van der Waals surface area contributed by atoms with Gasteiger partial charge in [0.05, 0.1) is 13.0 Å². The molecule has 4 heteroatoms. The lowest BCUT2D eigenvalue weighted by molar-refractivity contribution is -0.146. The second-order valence-electron chi connectivity index (χ2n) is 4.75. The lowest BCUT2D eigenvalue weighted by Crippen LogP contribution is -2.26. The van der Waals surface area contributed by atoms with E-state index in [9.17, 15) is 4.79 Å². The Morgan fingerprint density at radius 1 is 1.59 bits per heavy atom. The molecule has 1 aliphatic rings. The lowest BCUT2D eigenvalue weighted by Gasteiger charge is -2.14. The van der Waals surface area contributed by atoms with Crippen molar-refractivity contribution in [3.8, 4) is 0 Å². The number of carbonyl (C=O) groups excluding carboxylic acids is 1. The molecule has 3 nitrogen and oxygen atoms in total. The second kappa shape index (κ2) is 5.65. The van der Waals surface area contributed by atoms with Crippen molar-refractivity contribution < 1.29 is 9.53 Å². The van der Waals surface area contributed by atoms with Crippen LogP contribution in [0.25, 0.3) is 0 Å². The van der Waals surface area contributed by atoms with Gasteiger partial charge in [-0.3, -0.25) is 4.79 Å². The normalized spacial score (nSPS) is 25.1. The number of rotatable bonds is 4. The van der Waals surface area contributed by atoms with Crippen LogP contribution in [0.15, 0.2) is 16.8 Å². The van der Waals surface area contributed by atoms with Crippen molar-refractivity contribution in [2.24, 2.45) is 11.8 Å². The molecule has 0 aromatic carbocycles. The summed E-state index contributed by atoms with van der Waals surface area (Å²) in [5.41, 5.74) is 1.39. The summed E-state index contributed by atoms with van der Waals surface area (Å²) in [6.07, 6.45) is 1.07. The lowest BCUT2D eigenvalue weighted by atomic mass is 9.99. The van der Waals surface area contributed by atoms with E-state index >= 15 is 0 Å². The zero-order valence-electron chi connectivity index (χ0n) is 10.4. The van der Waals surface area contributed by atoms with Gasteiger partial charge in [0.1, 0.15) is 0 Å². The molecule has 0 bridgehead atoms. The summed E-state index contributed by atoms with van der Waals surface area (Å²) < 4.78 is 4.84. The maximum Gasteiger partial charge on any atom is 0.310 e. The largest absolute Gasteiger partial charge is 0.469 e. The highest BCUT2D eigenvalue weighted by Gasteiger charge is 2.35. The zero-order chi connectivity index (χ0) is 12.3. The van der Waals surface area contributed by atoms with E-state index in [-0.39, 0.29) is 11.9 Å². The van der Waals surface area contributed by atoms with E-state index < -0.39 is 0 Å². The summed E-state index contributed by atoms with van der Waals surface area (Å²) in [5, 5.41) is 4.30. The monoisotopic (exact) mass is 253 g/mol. The van der Waals surface area contributed by atoms with Gasteiger partial charge in [-0.1, -0.05) is 6.92 Å². The van der Waals surface area contributed by atoms with Gasteiger partial charge in [0.25, 0.3) is 0 Å². The van der Waals surface area contributed by atoms with Crippen LogP contribution in [0.4, 0.5) is 0 Å². The third kappa shape index (κ3) is 3.07. The summed E-state index contributed by atoms with van der Waals surface area (Å²) in [6.45, 7) is 5.02. The van der Waals surface area contributed by atoms with Crippen molar-refractivity contribution in [1.82, 2.24) is 4.90 Å². The number of esters is 1. The van der Waals surface area contributed by atoms with Gasteiger partial charge in [-0.25, -0.2) is 0 Å². The number of ether oxygens (including phenoxy) is 1. The first-order valence-electron chi connectivity index (χ1n) is 6.02. The Bertz CT molecular complexity index is 364. The molecule has 0 radical (unpaired) electrons. The van der Waals surface area contributed by atoms with Crippen molar-refractivity contribution in [1.29, 1.82) is 0 Å². The molecular weight excluding hydrogens is 234 g/mol. The van der Waals surface area contributed by atoms with Gasteiger partial charge in [-0.2, -0.15) is 11.3 Å². The molecule has 1 saturated heterocycles. The minimum atomic E-state index is -0.0597. The van der Waals surface area contributed by atoms with Crippen LogP contribution < -0.4 is 0 Å². The number of thiophene rings is 1. The molecule has 2 heterocycles. The Labute approximate surface area is 106 Å². The third-order valence-electron chi connectivity index (χ3n) is 3.49. The average molecular weight is 253 g/mol. The first kappa shape index (κ1) is 12.6. The molecule has 2 rings (SSSR count). The smallest absolute Gasteiger partial charge is 0.310 e. The first-order chi connectivity index (χ1) is 8.20. The molecule has 2 atom stereocenters. The van der Waals surface area contributed by atoms with E-state index in [1.54, 1.807) is 11.3 Å². The highest BCUT2D eigenvalue weighted by atomic mass is 32.1. The minimum Gasteiger partial charge on any atom is -0.469 e. The number of nitrogens with zero attached hydrogens (tertiary/aromatic N) is 1. The quantitative estimate of drug-likeness (QED) is 0.769. The summed E-state index contributed by atoms with van der Waals surface area (Å²) in [7, 11) is 1.48. The van der Waals surface area contributed by atoms with Crippen molar-refractivity contribution in [3.63, 3.8) is 0 Å². The predicted octanol–water partition coefficient (Wildman–Crippen LogP) is 2.03. The summed E-state index contributed by atoms with van der Waals surface area (Å²) >= 11 is 1.74. The van der Waals surface area contributed by atoms with Gasteiger partial charge in [0, 0.05) is 19.6 Å². The average Bonchev–Trinajstić information content (AvgIpc) is 2.94. The second-order valence-corrected chi connectivity index (χ2v) is 5.53. The molecule has 2 unspecified atom stereocenters. The number of hydrogen-bond donors (Lipinski definition) is 0. The van der Waals surface area contributed by atoms with Crippen LogP contribution in [0.1, 0.15) is 12.5 Å². The Morgan fingerprint density at radius 2 is 2.41 bits per heavy atom. The van der Waals surface area contributed by atoms with E-state index in [2.05, 4.69) is 28.7 Å². The van der Waals surface area contributed by atoms with Crippen LogP contribution in [-0.4, -0.2) is 37.6 Å². The molecule has 1 aromatic rings. The topological polar surface area (TPSA) is 29.5 Å². The number of methoxy groups -OCH3 is 1. The molecule has 1 aromatic heterocycles. The Hall–Kier alpha value is -0.870.